The molecule has 0 aliphatic carbocycles. The summed E-state index contributed by atoms with van der Waals surface area (Å²) in [4.78, 5) is 27.2. The second-order valence-corrected chi connectivity index (χ2v) is 6.62. The lowest BCUT2D eigenvalue weighted by Crippen LogP contribution is -2.40. The quantitative estimate of drug-likeness (QED) is 0.524. The second-order valence-electron chi connectivity index (χ2n) is 6.62. The number of esters is 1. The van der Waals surface area contributed by atoms with Gasteiger partial charge in [-0.25, -0.2) is 4.79 Å². The van der Waals surface area contributed by atoms with Gasteiger partial charge in [0.15, 0.2) is 6.10 Å². The summed E-state index contributed by atoms with van der Waals surface area (Å²) < 4.78 is 16.3. The Hall–Kier alpha value is -3.63. The van der Waals surface area contributed by atoms with Crippen LogP contribution in [-0.2, 0) is 20.9 Å². The first kappa shape index (κ1) is 21.1. The molecule has 3 aromatic rings. The maximum absolute atomic E-state index is 13.0. The van der Waals surface area contributed by atoms with Crippen molar-refractivity contribution in [3.8, 4) is 6.07 Å². The van der Waals surface area contributed by atoms with Gasteiger partial charge in [0.2, 0.25) is 5.76 Å². The average molecular weight is 406 g/mol. The topological polar surface area (TPSA) is 92.8 Å². The number of nitriles is 1. The van der Waals surface area contributed by atoms with E-state index < -0.39 is 18.0 Å². The van der Waals surface area contributed by atoms with Gasteiger partial charge in [0.25, 0.3) is 5.91 Å². The lowest BCUT2D eigenvalue weighted by Gasteiger charge is -2.25. The van der Waals surface area contributed by atoms with E-state index in [-0.39, 0.29) is 25.3 Å². The average Bonchev–Trinajstić information content (AvgIpc) is 3.13. The smallest absolute Gasteiger partial charge is 0.375 e. The first-order chi connectivity index (χ1) is 14.6. The van der Waals surface area contributed by atoms with E-state index >= 15 is 0 Å². The number of carbonyl (C=O) groups excluding carboxylic acids is 2. The molecule has 1 amide bonds. The highest BCUT2D eigenvalue weighted by Gasteiger charge is 2.28. The molecular formula is C23H22N2O5. The molecule has 7 nitrogen and oxygen atoms in total. The van der Waals surface area contributed by atoms with Crippen molar-refractivity contribution in [3.63, 3.8) is 0 Å². The molecule has 0 N–H and O–H groups in total. The molecular weight excluding hydrogens is 384 g/mol. The largest absolute Gasteiger partial charge is 0.449 e. The van der Waals surface area contributed by atoms with Crippen LogP contribution in [0.5, 0.6) is 0 Å². The maximum Gasteiger partial charge on any atom is 0.375 e. The summed E-state index contributed by atoms with van der Waals surface area (Å²) in [7, 11) is 1.52. The molecule has 0 aliphatic heterocycles. The van der Waals surface area contributed by atoms with Crippen LogP contribution in [0.2, 0.25) is 0 Å². The SMILES string of the molecule is COCc1c(C(=O)O[C@@H](C)C(=O)N(CCC#N)c2ccccc2)oc2ccccc12. The maximum atomic E-state index is 13.0. The Kier molecular flexibility index (Phi) is 6.83. The number of amides is 1. The van der Waals surface area contributed by atoms with Crippen LogP contribution in [0, 0.1) is 11.3 Å². The number of furan rings is 1. The third-order valence-corrected chi connectivity index (χ3v) is 4.59. The minimum absolute atomic E-state index is 0.0148. The Morgan fingerprint density at radius 2 is 1.83 bits per heavy atom. The van der Waals surface area contributed by atoms with Gasteiger partial charge in [-0.2, -0.15) is 5.26 Å². The predicted octanol–water partition coefficient (Wildman–Crippen LogP) is 4.07. The van der Waals surface area contributed by atoms with Gasteiger partial charge in [-0.15, -0.1) is 0 Å². The summed E-state index contributed by atoms with van der Waals surface area (Å²) in [5, 5.41) is 9.68. The molecule has 30 heavy (non-hydrogen) atoms. The number of anilines is 1. The molecule has 0 spiro atoms. The molecule has 0 saturated carbocycles. The third kappa shape index (κ3) is 4.50. The minimum Gasteiger partial charge on any atom is -0.449 e. The number of benzene rings is 2. The van der Waals surface area contributed by atoms with Crippen molar-refractivity contribution in [2.24, 2.45) is 0 Å². The first-order valence-corrected chi connectivity index (χ1v) is 9.50. The number of fused-ring (bicyclic) bond motifs is 1. The van der Waals surface area contributed by atoms with Crippen LogP contribution in [-0.4, -0.2) is 31.6 Å². The molecule has 1 heterocycles. The van der Waals surface area contributed by atoms with E-state index in [2.05, 4.69) is 0 Å². The second kappa shape index (κ2) is 9.72. The van der Waals surface area contributed by atoms with Gasteiger partial charge in [0.05, 0.1) is 19.1 Å². The van der Waals surface area contributed by atoms with Gasteiger partial charge >= 0.3 is 5.97 Å². The molecule has 3 rings (SSSR count). The fourth-order valence-electron chi connectivity index (χ4n) is 3.17. The highest BCUT2D eigenvalue weighted by Crippen LogP contribution is 2.27. The normalized spacial score (nSPS) is 11.6. The summed E-state index contributed by atoms with van der Waals surface area (Å²) in [5.41, 5.74) is 1.74. The highest BCUT2D eigenvalue weighted by atomic mass is 16.6. The number of methoxy groups -OCH3 is 1. The van der Waals surface area contributed by atoms with Crippen molar-refractivity contribution in [1.82, 2.24) is 0 Å². The third-order valence-electron chi connectivity index (χ3n) is 4.59. The highest BCUT2D eigenvalue weighted by molar-refractivity contribution is 6.00. The molecule has 2 aromatic carbocycles. The van der Waals surface area contributed by atoms with E-state index in [1.54, 1.807) is 36.4 Å². The summed E-state index contributed by atoms with van der Waals surface area (Å²) in [6.07, 6.45) is -0.914. The molecule has 1 atom stereocenters. The van der Waals surface area contributed by atoms with Crippen LogP contribution in [0.1, 0.15) is 29.5 Å². The van der Waals surface area contributed by atoms with Gasteiger partial charge < -0.3 is 18.8 Å². The molecule has 0 bridgehead atoms. The lowest BCUT2D eigenvalue weighted by atomic mass is 10.1. The van der Waals surface area contributed by atoms with E-state index in [0.717, 1.165) is 5.39 Å². The fraction of sp³-hybridized carbons (Fsp3) is 0.261. The number of carbonyl (C=O) groups is 2. The summed E-state index contributed by atoms with van der Waals surface area (Å²) >= 11 is 0. The molecule has 1 aromatic heterocycles. The van der Waals surface area contributed by atoms with Crippen LogP contribution in [0.25, 0.3) is 11.0 Å². The Morgan fingerprint density at radius 3 is 2.53 bits per heavy atom. The van der Waals surface area contributed by atoms with Crippen molar-refractivity contribution in [1.29, 1.82) is 5.26 Å². The molecule has 7 heteroatoms. The molecule has 154 valence electrons. The lowest BCUT2D eigenvalue weighted by molar-refractivity contribution is -0.126. The van der Waals surface area contributed by atoms with E-state index in [0.29, 0.717) is 16.8 Å². The number of hydrogen-bond donors (Lipinski definition) is 0. The van der Waals surface area contributed by atoms with Gasteiger partial charge in [-0.05, 0) is 25.1 Å². The van der Waals surface area contributed by atoms with Crippen molar-refractivity contribution in [3.05, 3.63) is 65.9 Å². The van der Waals surface area contributed by atoms with E-state index in [9.17, 15) is 9.59 Å². The van der Waals surface area contributed by atoms with Crippen molar-refractivity contribution >= 4 is 28.5 Å². The van der Waals surface area contributed by atoms with Gasteiger partial charge in [-0.1, -0.05) is 36.4 Å². The van der Waals surface area contributed by atoms with Gasteiger partial charge in [-0.3, -0.25) is 4.79 Å². The Morgan fingerprint density at radius 1 is 1.13 bits per heavy atom. The minimum atomic E-state index is -1.07. The number of rotatable bonds is 8. The van der Waals surface area contributed by atoms with Crippen LogP contribution in [0.3, 0.4) is 0 Å². The summed E-state index contributed by atoms with van der Waals surface area (Å²) in [6.45, 7) is 1.87. The zero-order chi connectivity index (χ0) is 21.5. The monoisotopic (exact) mass is 406 g/mol. The predicted molar refractivity (Wildman–Crippen MR) is 111 cm³/mol. The van der Waals surface area contributed by atoms with Gasteiger partial charge in [0.1, 0.15) is 5.58 Å². The molecule has 0 unspecified atom stereocenters. The zero-order valence-corrected chi connectivity index (χ0v) is 16.8. The molecule has 0 fully saturated rings. The Labute approximate surface area is 174 Å². The number of para-hydroxylation sites is 2. The number of nitrogens with zero attached hydrogens (tertiary/aromatic N) is 2. The van der Waals surface area contributed by atoms with Crippen LogP contribution in [0.15, 0.2) is 59.0 Å². The molecule has 0 aliphatic rings. The Balaban J connectivity index is 1.82. The van der Waals surface area contributed by atoms with E-state index in [4.69, 9.17) is 19.2 Å². The molecule has 0 radical (unpaired) electrons. The standard InChI is InChI=1S/C23H22N2O5/c1-16(22(26)25(14-8-13-24)17-9-4-3-5-10-17)29-23(27)21-19(15-28-2)18-11-6-7-12-20(18)30-21/h3-7,9-12,16H,8,14-15H2,1-2H3/t16-/m0/s1. The number of ether oxygens (including phenoxy) is 2. The van der Waals surface area contributed by atoms with Crippen molar-refractivity contribution < 1.29 is 23.5 Å². The summed E-state index contributed by atoms with van der Waals surface area (Å²) in [5.74, 6) is -1.15. The van der Waals surface area contributed by atoms with Gasteiger partial charge in [0, 0.05) is 30.3 Å². The zero-order valence-electron chi connectivity index (χ0n) is 16.8. The van der Waals surface area contributed by atoms with Crippen LogP contribution < -0.4 is 4.90 Å². The fourth-order valence-corrected chi connectivity index (χ4v) is 3.17. The van der Waals surface area contributed by atoms with Crippen LogP contribution in [0.4, 0.5) is 5.69 Å². The first-order valence-electron chi connectivity index (χ1n) is 9.50. The van der Waals surface area contributed by atoms with Crippen LogP contribution >= 0.6 is 0 Å². The summed E-state index contributed by atoms with van der Waals surface area (Å²) in [6, 6.07) is 18.2. The number of hydrogen-bond acceptors (Lipinski definition) is 6. The van der Waals surface area contributed by atoms with Crippen molar-refractivity contribution in [2.75, 3.05) is 18.6 Å². The van der Waals surface area contributed by atoms with Crippen molar-refractivity contribution in [2.45, 2.75) is 26.1 Å². The Bertz CT molecular complexity index is 1070. The molecule has 0 saturated heterocycles. The van der Waals surface area contributed by atoms with E-state index in [1.165, 1.54) is 18.9 Å². The van der Waals surface area contributed by atoms with E-state index in [1.807, 2.05) is 24.3 Å².